The number of aromatic nitrogens is 2. The molecular weight excluding hydrogens is 288 g/mol. The number of carbonyl (C=O) groups is 1. The average molecular weight is 312 g/mol. The smallest absolute Gasteiger partial charge is 0.251 e. The van der Waals surface area contributed by atoms with Crippen molar-refractivity contribution in [2.24, 2.45) is 0 Å². The fourth-order valence-corrected chi connectivity index (χ4v) is 3.01. The van der Waals surface area contributed by atoms with Crippen molar-refractivity contribution in [3.8, 4) is 11.3 Å². The minimum absolute atomic E-state index is 0.000181. The molecule has 23 heavy (non-hydrogen) atoms. The number of carbonyl (C=O) groups excluding carboxylic acids is 1. The number of nitrogens with one attached hydrogen (secondary N) is 2. The van der Waals surface area contributed by atoms with E-state index in [1.807, 2.05) is 30.3 Å². The molecule has 1 fully saturated rings. The Labute approximate surface area is 137 Å². The van der Waals surface area contributed by atoms with Crippen LogP contribution in [0.1, 0.15) is 36.0 Å². The van der Waals surface area contributed by atoms with E-state index in [9.17, 15) is 4.79 Å². The van der Waals surface area contributed by atoms with Gasteiger partial charge in [0.1, 0.15) is 0 Å². The van der Waals surface area contributed by atoms with E-state index in [4.69, 9.17) is 0 Å². The van der Waals surface area contributed by atoms with Gasteiger partial charge in [0, 0.05) is 18.3 Å². The summed E-state index contributed by atoms with van der Waals surface area (Å²) in [7, 11) is 0. The number of aromatic amines is 1. The van der Waals surface area contributed by atoms with Crippen LogP contribution in [-0.2, 0) is 0 Å². The summed E-state index contributed by atoms with van der Waals surface area (Å²) >= 11 is 0. The molecule has 0 spiro atoms. The Kier molecular flexibility index (Phi) is 5.42. The third-order valence-corrected chi connectivity index (χ3v) is 4.34. The van der Waals surface area contributed by atoms with Crippen molar-refractivity contribution in [1.29, 1.82) is 0 Å². The van der Waals surface area contributed by atoms with Gasteiger partial charge in [-0.25, -0.2) is 0 Å². The lowest BCUT2D eigenvalue weighted by Crippen LogP contribution is -2.33. The topological polar surface area (TPSA) is 61.0 Å². The average Bonchev–Trinajstić information content (AvgIpc) is 3.14. The standard InChI is InChI=1S/C18H24N4O/c23-18(19-10-4-14-22-12-2-1-3-13-22)16-7-5-15(6-8-16)17-9-11-20-21-17/h5-9,11H,1-4,10,12-14H2,(H,19,23)(H,20,21). The van der Waals surface area contributed by atoms with Crippen LogP contribution >= 0.6 is 0 Å². The molecule has 2 aromatic rings. The predicted octanol–water partition coefficient (Wildman–Crippen LogP) is 2.68. The number of likely N-dealkylation sites (tertiary alicyclic amines) is 1. The maximum absolute atomic E-state index is 12.1. The Balaban J connectivity index is 1.43. The van der Waals surface area contributed by atoms with Crippen LogP contribution in [0.15, 0.2) is 36.5 Å². The first-order chi connectivity index (χ1) is 11.3. The Morgan fingerprint density at radius 2 is 1.91 bits per heavy atom. The lowest BCUT2D eigenvalue weighted by Gasteiger charge is -2.26. The lowest BCUT2D eigenvalue weighted by molar-refractivity contribution is 0.0951. The second kappa shape index (κ2) is 7.92. The number of H-pyrrole nitrogens is 1. The summed E-state index contributed by atoms with van der Waals surface area (Å²) in [6, 6.07) is 9.51. The van der Waals surface area contributed by atoms with Crippen molar-refractivity contribution < 1.29 is 4.79 Å². The molecule has 2 N–H and O–H groups in total. The lowest BCUT2D eigenvalue weighted by atomic mass is 10.1. The number of piperidine rings is 1. The van der Waals surface area contributed by atoms with Gasteiger partial charge in [-0.3, -0.25) is 9.89 Å². The van der Waals surface area contributed by atoms with E-state index >= 15 is 0 Å². The summed E-state index contributed by atoms with van der Waals surface area (Å²) < 4.78 is 0. The zero-order valence-corrected chi connectivity index (χ0v) is 13.4. The number of rotatable bonds is 6. The van der Waals surface area contributed by atoms with Crippen LogP contribution in [0.4, 0.5) is 0 Å². The first kappa shape index (κ1) is 15.7. The van der Waals surface area contributed by atoms with Crippen LogP contribution in [0, 0.1) is 0 Å². The number of nitrogens with zero attached hydrogens (tertiary/aromatic N) is 2. The molecule has 5 nitrogen and oxygen atoms in total. The molecule has 0 saturated carbocycles. The van der Waals surface area contributed by atoms with Crippen LogP contribution < -0.4 is 5.32 Å². The van der Waals surface area contributed by atoms with Gasteiger partial charge in [0.05, 0.1) is 5.69 Å². The summed E-state index contributed by atoms with van der Waals surface area (Å²) in [5.41, 5.74) is 2.69. The minimum atomic E-state index is -0.000181. The zero-order chi connectivity index (χ0) is 15.9. The van der Waals surface area contributed by atoms with Crippen molar-refractivity contribution in [2.45, 2.75) is 25.7 Å². The van der Waals surface area contributed by atoms with Gasteiger partial charge in [0.2, 0.25) is 0 Å². The van der Waals surface area contributed by atoms with Gasteiger partial charge in [0.15, 0.2) is 0 Å². The minimum Gasteiger partial charge on any atom is -0.352 e. The fraction of sp³-hybridized carbons (Fsp3) is 0.444. The highest BCUT2D eigenvalue weighted by atomic mass is 16.1. The van der Waals surface area contributed by atoms with Crippen molar-refractivity contribution in [3.05, 3.63) is 42.1 Å². The van der Waals surface area contributed by atoms with Gasteiger partial charge in [-0.2, -0.15) is 5.10 Å². The monoisotopic (exact) mass is 312 g/mol. The largest absolute Gasteiger partial charge is 0.352 e. The molecular formula is C18H24N4O. The molecule has 1 saturated heterocycles. The molecule has 0 unspecified atom stereocenters. The number of benzene rings is 1. The number of amides is 1. The first-order valence-electron chi connectivity index (χ1n) is 8.43. The van der Waals surface area contributed by atoms with Crippen LogP contribution in [-0.4, -0.2) is 47.2 Å². The summed E-state index contributed by atoms with van der Waals surface area (Å²) in [4.78, 5) is 14.6. The normalized spacial score (nSPS) is 15.5. The summed E-state index contributed by atoms with van der Waals surface area (Å²) in [5, 5.41) is 9.86. The first-order valence-corrected chi connectivity index (χ1v) is 8.43. The van der Waals surface area contributed by atoms with Crippen LogP contribution in [0.25, 0.3) is 11.3 Å². The van der Waals surface area contributed by atoms with E-state index in [0.717, 1.165) is 30.8 Å². The van der Waals surface area contributed by atoms with Gasteiger partial charge in [-0.1, -0.05) is 18.6 Å². The van der Waals surface area contributed by atoms with Crippen molar-refractivity contribution in [2.75, 3.05) is 26.2 Å². The quantitative estimate of drug-likeness (QED) is 0.806. The van der Waals surface area contributed by atoms with Gasteiger partial charge >= 0.3 is 0 Å². The number of hydrogen-bond acceptors (Lipinski definition) is 3. The Morgan fingerprint density at radius 1 is 1.13 bits per heavy atom. The van der Waals surface area contributed by atoms with E-state index < -0.39 is 0 Å². The molecule has 122 valence electrons. The van der Waals surface area contributed by atoms with Crippen LogP contribution in [0.2, 0.25) is 0 Å². The third kappa shape index (κ3) is 4.42. The predicted molar refractivity (Wildman–Crippen MR) is 91.3 cm³/mol. The number of hydrogen-bond donors (Lipinski definition) is 2. The summed E-state index contributed by atoms with van der Waals surface area (Å²) in [6.07, 6.45) is 6.72. The maximum Gasteiger partial charge on any atom is 0.251 e. The molecule has 0 atom stereocenters. The van der Waals surface area contributed by atoms with Crippen molar-refractivity contribution >= 4 is 5.91 Å². The molecule has 1 aromatic carbocycles. The molecule has 0 bridgehead atoms. The van der Waals surface area contributed by atoms with Crippen LogP contribution in [0.3, 0.4) is 0 Å². The third-order valence-electron chi connectivity index (χ3n) is 4.34. The van der Waals surface area contributed by atoms with Gasteiger partial charge < -0.3 is 10.2 Å². The second-order valence-corrected chi connectivity index (χ2v) is 6.06. The molecule has 0 aliphatic carbocycles. The Bertz CT molecular complexity index is 600. The van der Waals surface area contributed by atoms with Gasteiger partial charge in [-0.15, -0.1) is 0 Å². The molecule has 2 heterocycles. The summed E-state index contributed by atoms with van der Waals surface area (Å²) in [5.74, 6) is -0.000181. The highest BCUT2D eigenvalue weighted by molar-refractivity contribution is 5.94. The SMILES string of the molecule is O=C(NCCCN1CCCCC1)c1ccc(-c2ccn[nH]2)cc1. The highest BCUT2D eigenvalue weighted by Gasteiger charge is 2.10. The fourth-order valence-electron chi connectivity index (χ4n) is 3.01. The molecule has 1 aromatic heterocycles. The van der Waals surface area contributed by atoms with Crippen LogP contribution in [0.5, 0.6) is 0 Å². The second-order valence-electron chi connectivity index (χ2n) is 6.06. The van der Waals surface area contributed by atoms with E-state index in [0.29, 0.717) is 5.56 Å². The van der Waals surface area contributed by atoms with Gasteiger partial charge in [-0.05, 0) is 62.7 Å². The van der Waals surface area contributed by atoms with E-state index in [2.05, 4.69) is 20.4 Å². The van der Waals surface area contributed by atoms with Crippen molar-refractivity contribution in [3.63, 3.8) is 0 Å². The Morgan fingerprint density at radius 3 is 2.61 bits per heavy atom. The van der Waals surface area contributed by atoms with Crippen molar-refractivity contribution in [1.82, 2.24) is 20.4 Å². The molecule has 1 aliphatic heterocycles. The maximum atomic E-state index is 12.1. The molecule has 1 amide bonds. The molecule has 5 heteroatoms. The molecule has 1 aliphatic rings. The summed E-state index contributed by atoms with van der Waals surface area (Å²) in [6.45, 7) is 4.24. The van der Waals surface area contributed by atoms with Gasteiger partial charge in [0.25, 0.3) is 5.91 Å². The zero-order valence-electron chi connectivity index (χ0n) is 13.4. The van der Waals surface area contributed by atoms with E-state index in [-0.39, 0.29) is 5.91 Å². The van der Waals surface area contributed by atoms with E-state index in [1.165, 1.54) is 32.4 Å². The van der Waals surface area contributed by atoms with E-state index in [1.54, 1.807) is 6.20 Å². The Hall–Kier alpha value is -2.14. The molecule has 0 radical (unpaired) electrons. The highest BCUT2D eigenvalue weighted by Crippen LogP contribution is 2.16. The molecule has 3 rings (SSSR count).